The number of fused-ring (bicyclic) bond motifs is 1. The molecular weight excluding hydrogens is 226 g/mol. The number of aromatic amines is 1. The monoisotopic (exact) mass is 239 g/mol. The fourth-order valence-electron chi connectivity index (χ4n) is 1.92. The number of imidazole rings is 1. The number of nitrogens with one attached hydrogen (secondary N) is 2. The Kier molecular flexibility index (Phi) is 2.64. The minimum atomic E-state index is 0.0557. The highest BCUT2D eigenvalue weighted by atomic mass is 15.2. The molecule has 0 amide bonds. The molecule has 18 heavy (non-hydrogen) atoms. The van der Waals surface area contributed by atoms with Crippen LogP contribution in [0.25, 0.3) is 10.8 Å². The van der Waals surface area contributed by atoms with Gasteiger partial charge in [-0.05, 0) is 6.92 Å². The van der Waals surface area contributed by atoms with Gasteiger partial charge in [0.05, 0.1) is 12.2 Å². The van der Waals surface area contributed by atoms with Crippen molar-refractivity contribution in [3.8, 4) is 0 Å². The van der Waals surface area contributed by atoms with Crippen molar-refractivity contribution in [2.75, 3.05) is 5.32 Å². The highest BCUT2D eigenvalue weighted by Crippen LogP contribution is 2.22. The molecule has 0 radical (unpaired) electrons. The first kappa shape index (κ1) is 10.7. The summed E-state index contributed by atoms with van der Waals surface area (Å²) in [4.78, 5) is 7.31. The molecule has 0 fully saturated rings. The topological polar surface area (TPSA) is 66.5 Å². The number of aromatic nitrogens is 4. The summed E-state index contributed by atoms with van der Waals surface area (Å²) in [6, 6.07) is 8.09. The Labute approximate surface area is 104 Å². The highest BCUT2D eigenvalue weighted by molar-refractivity contribution is 5.90. The van der Waals surface area contributed by atoms with Gasteiger partial charge >= 0.3 is 0 Å². The predicted molar refractivity (Wildman–Crippen MR) is 70.2 cm³/mol. The zero-order valence-electron chi connectivity index (χ0n) is 9.96. The summed E-state index contributed by atoms with van der Waals surface area (Å²) in [7, 11) is 0. The Hall–Kier alpha value is -2.43. The van der Waals surface area contributed by atoms with Gasteiger partial charge in [-0.3, -0.25) is 0 Å². The largest absolute Gasteiger partial charge is 0.358 e. The van der Waals surface area contributed by atoms with E-state index < -0.39 is 0 Å². The SMILES string of the molecule is CC(Nc1nncc2ccccc12)c1ncc[nH]1. The van der Waals surface area contributed by atoms with Gasteiger partial charge in [0.2, 0.25) is 0 Å². The van der Waals surface area contributed by atoms with Crippen LogP contribution in [0.2, 0.25) is 0 Å². The molecule has 2 heterocycles. The van der Waals surface area contributed by atoms with E-state index in [2.05, 4.69) is 25.5 Å². The van der Waals surface area contributed by atoms with Gasteiger partial charge in [-0.25, -0.2) is 4.98 Å². The van der Waals surface area contributed by atoms with Gasteiger partial charge in [-0.2, -0.15) is 5.10 Å². The smallest absolute Gasteiger partial charge is 0.157 e. The third-order valence-corrected chi connectivity index (χ3v) is 2.85. The molecular formula is C13H13N5. The van der Waals surface area contributed by atoms with E-state index in [-0.39, 0.29) is 6.04 Å². The predicted octanol–water partition coefficient (Wildman–Crippen LogP) is 2.53. The van der Waals surface area contributed by atoms with E-state index in [1.54, 1.807) is 12.4 Å². The Morgan fingerprint density at radius 1 is 1.28 bits per heavy atom. The number of nitrogens with zero attached hydrogens (tertiary/aromatic N) is 3. The number of H-pyrrole nitrogens is 1. The maximum atomic E-state index is 4.23. The molecule has 1 aromatic carbocycles. The van der Waals surface area contributed by atoms with E-state index in [9.17, 15) is 0 Å². The minimum Gasteiger partial charge on any atom is -0.358 e. The molecule has 2 N–H and O–H groups in total. The first-order chi connectivity index (χ1) is 8.84. The van der Waals surface area contributed by atoms with Crippen molar-refractivity contribution in [2.24, 2.45) is 0 Å². The lowest BCUT2D eigenvalue weighted by molar-refractivity contribution is 0.800. The summed E-state index contributed by atoms with van der Waals surface area (Å²) in [6.07, 6.45) is 5.31. The molecule has 0 saturated carbocycles. The molecule has 1 atom stereocenters. The number of benzene rings is 1. The molecule has 0 aliphatic carbocycles. The average Bonchev–Trinajstić information content (AvgIpc) is 2.93. The van der Waals surface area contributed by atoms with Crippen LogP contribution in [-0.4, -0.2) is 20.2 Å². The van der Waals surface area contributed by atoms with Crippen LogP contribution in [0, 0.1) is 0 Å². The molecule has 0 spiro atoms. The molecule has 2 aromatic heterocycles. The minimum absolute atomic E-state index is 0.0557. The molecule has 90 valence electrons. The van der Waals surface area contributed by atoms with Crippen molar-refractivity contribution < 1.29 is 0 Å². The van der Waals surface area contributed by atoms with Gasteiger partial charge in [0, 0.05) is 23.2 Å². The molecule has 0 bridgehead atoms. The van der Waals surface area contributed by atoms with Crippen molar-refractivity contribution in [2.45, 2.75) is 13.0 Å². The number of anilines is 1. The average molecular weight is 239 g/mol. The lowest BCUT2D eigenvalue weighted by Crippen LogP contribution is -2.10. The summed E-state index contributed by atoms with van der Waals surface area (Å²) in [6.45, 7) is 2.03. The van der Waals surface area contributed by atoms with Crippen molar-refractivity contribution in [3.63, 3.8) is 0 Å². The molecule has 1 unspecified atom stereocenters. The van der Waals surface area contributed by atoms with Gasteiger partial charge in [0.1, 0.15) is 5.82 Å². The van der Waals surface area contributed by atoms with Crippen molar-refractivity contribution in [1.29, 1.82) is 0 Å². The van der Waals surface area contributed by atoms with Crippen LogP contribution >= 0.6 is 0 Å². The van der Waals surface area contributed by atoms with Crippen LogP contribution in [0.4, 0.5) is 5.82 Å². The van der Waals surface area contributed by atoms with Crippen LogP contribution in [0.5, 0.6) is 0 Å². The molecule has 5 nitrogen and oxygen atoms in total. The van der Waals surface area contributed by atoms with E-state index in [4.69, 9.17) is 0 Å². The van der Waals surface area contributed by atoms with Crippen LogP contribution in [0.1, 0.15) is 18.8 Å². The van der Waals surface area contributed by atoms with Gasteiger partial charge in [0.15, 0.2) is 5.82 Å². The standard InChI is InChI=1S/C13H13N5/c1-9(12-14-6-7-15-12)17-13-11-5-3-2-4-10(11)8-16-18-13/h2-9H,1H3,(H,14,15)(H,17,18). The number of hydrogen-bond acceptors (Lipinski definition) is 4. The zero-order valence-corrected chi connectivity index (χ0v) is 9.96. The normalized spacial score (nSPS) is 12.5. The molecule has 0 aliphatic rings. The summed E-state index contributed by atoms with van der Waals surface area (Å²) in [5, 5.41) is 13.6. The second-order valence-corrected chi connectivity index (χ2v) is 4.12. The van der Waals surface area contributed by atoms with Crippen molar-refractivity contribution in [1.82, 2.24) is 20.2 Å². The Balaban J connectivity index is 1.95. The van der Waals surface area contributed by atoms with Crippen molar-refractivity contribution >= 4 is 16.6 Å². The second-order valence-electron chi connectivity index (χ2n) is 4.12. The van der Waals surface area contributed by atoms with E-state index in [1.807, 2.05) is 37.4 Å². The van der Waals surface area contributed by atoms with Gasteiger partial charge < -0.3 is 10.3 Å². The van der Waals surface area contributed by atoms with Crippen LogP contribution < -0.4 is 5.32 Å². The maximum absolute atomic E-state index is 4.23. The second kappa shape index (κ2) is 4.44. The highest BCUT2D eigenvalue weighted by Gasteiger charge is 2.10. The summed E-state index contributed by atoms with van der Waals surface area (Å²) in [5.41, 5.74) is 0. The van der Waals surface area contributed by atoms with Gasteiger partial charge in [0.25, 0.3) is 0 Å². The molecule has 0 saturated heterocycles. The maximum Gasteiger partial charge on any atom is 0.157 e. The summed E-state index contributed by atoms with van der Waals surface area (Å²) in [5.74, 6) is 1.65. The lowest BCUT2D eigenvalue weighted by atomic mass is 10.2. The van der Waals surface area contributed by atoms with Crippen molar-refractivity contribution in [3.05, 3.63) is 48.7 Å². The summed E-state index contributed by atoms with van der Waals surface area (Å²) >= 11 is 0. The first-order valence-electron chi connectivity index (χ1n) is 5.81. The Morgan fingerprint density at radius 2 is 2.17 bits per heavy atom. The van der Waals surface area contributed by atoms with Gasteiger partial charge in [-0.15, -0.1) is 5.10 Å². The molecule has 3 rings (SSSR count). The molecule has 5 heteroatoms. The number of hydrogen-bond donors (Lipinski definition) is 2. The Bertz CT molecular complexity index is 642. The van der Waals surface area contributed by atoms with Crippen LogP contribution in [0.3, 0.4) is 0 Å². The lowest BCUT2D eigenvalue weighted by Gasteiger charge is -2.13. The fourth-order valence-corrected chi connectivity index (χ4v) is 1.92. The van der Waals surface area contributed by atoms with E-state index in [0.29, 0.717) is 0 Å². The quantitative estimate of drug-likeness (QED) is 0.737. The summed E-state index contributed by atoms with van der Waals surface area (Å²) < 4.78 is 0. The van der Waals surface area contributed by atoms with Gasteiger partial charge in [-0.1, -0.05) is 24.3 Å². The zero-order chi connectivity index (χ0) is 12.4. The first-order valence-corrected chi connectivity index (χ1v) is 5.81. The van der Waals surface area contributed by atoms with Crippen LogP contribution in [0.15, 0.2) is 42.9 Å². The van der Waals surface area contributed by atoms with E-state index in [0.717, 1.165) is 22.4 Å². The Morgan fingerprint density at radius 3 is 3.00 bits per heavy atom. The molecule has 3 aromatic rings. The third kappa shape index (κ3) is 1.90. The van der Waals surface area contributed by atoms with E-state index in [1.165, 1.54) is 0 Å². The number of rotatable bonds is 3. The molecule has 0 aliphatic heterocycles. The third-order valence-electron chi connectivity index (χ3n) is 2.85. The fraction of sp³-hybridized carbons (Fsp3) is 0.154. The van der Waals surface area contributed by atoms with E-state index >= 15 is 0 Å². The van der Waals surface area contributed by atoms with Crippen LogP contribution in [-0.2, 0) is 0 Å².